The molecule has 2 aromatic rings. The van der Waals surface area contributed by atoms with Gasteiger partial charge in [0.15, 0.2) is 0 Å². The Bertz CT molecular complexity index is 558. The summed E-state index contributed by atoms with van der Waals surface area (Å²) in [4.78, 5) is 2.29. The van der Waals surface area contributed by atoms with Gasteiger partial charge in [0.05, 0.1) is 6.10 Å². The summed E-state index contributed by atoms with van der Waals surface area (Å²) in [5.74, 6) is 0. The SMILES string of the molecule is OC(CN1CC1c1ccccc1Br)c1ccccc1. The average Bonchev–Trinajstić information content (AvgIpc) is 3.19. The summed E-state index contributed by atoms with van der Waals surface area (Å²) in [5, 5.41) is 10.2. The van der Waals surface area contributed by atoms with Gasteiger partial charge in [-0.2, -0.15) is 0 Å². The molecule has 0 aromatic heterocycles. The summed E-state index contributed by atoms with van der Waals surface area (Å²) < 4.78 is 1.15. The molecule has 0 radical (unpaired) electrons. The third kappa shape index (κ3) is 2.89. The van der Waals surface area contributed by atoms with Crippen molar-refractivity contribution in [1.29, 1.82) is 0 Å². The minimum atomic E-state index is -0.409. The summed E-state index contributed by atoms with van der Waals surface area (Å²) in [6.07, 6.45) is -0.409. The highest BCUT2D eigenvalue weighted by Crippen LogP contribution is 2.39. The van der Waals surface area contributed by atoms with Crippen molar-refractivity contribution in [3.63, 3.8) is 0 Å². The fourth-order valence-electron chi connectivity index (χ4n) is 2.42. The number of hydrogen-bond donors (Lipinski definition) is 1. The lowest BCUT2D eigenvalue weighted by Gasteiger charge is -2.12. The van der Waals surface area contributed by atoms with Crippen LogP contribution in [0.3, 0.4) is 0 Å². The second-order valence-electron chi connectivity index (χ2n) is 4.92. The summed E-state index contributed by atoms with van der Waals surface area (Å²) >= 11 is 3.59. The molecular formula is C16H16BrNO. The Balaban J connectivity index is 1.64. The van der Waals surface area contributed by atoms with Crippen LogP contribution in [0.5, 0.6) is 0 Å². The van der Waals surface area contributed by atoms with Gasteiger partial charge >= 0.3 is 0 Å². The highest BCUT2D eigenvalue weighted by Gasteiger charge is 2.37. The van der Waals surface area contributed by atoms with E-state index in [1.165, 1.54) is 5.56 Å². The fourth-order valence-corrected chi connectivity index (χ4v) is 2.97. The first kappa shape index (κ1) is 12.9. The van der Waals surface area contributed by atoms with Crippen LogP contribution in [0.25, 0.3) is 0 Å². The molecule has 2 aromatic carbocycles. The largest absolute Gasteiger partial charge is 0.387 e. The molecule has 1 N–H and O–H groups in total. The van der Waals surface area contributed by atoms with Crippen LogP contribution in [-0.4, -0.2) is 23.1 Å². The van der Waals surface area contributed by atoms with Gasteiger partial charge in [0.25, 0.3) is 0 Å². The molecule has 3 unspecified atom stereocenters. The number of nitrogens with zero attached hydrogens (tertiary/aromatic N) is 1. The molecule has 0 aliphatic carbocycles. The zero-order chi connectivity index (χ0) is 13.2. The monoisotopic (exact) mass is 317 g/mol. The van der Waals surface area contributed by atoms with E-state index in [0.29, 0.717) is 12.6 Å². The number of aliphatic hydroxyl groups is 1. The van der Waals surface area contributed by atoms with Crippen molar-refractivity contribution in [1.82, 2.24) is 4.90 Å². The van der Waals surface area contributed by atoms with Gasteiger partial charge in [-0.3, -0.25) is 4.90 Å². The second kappa shape index (κ2) is 5.45. The highest BCUT2D eigenvalue weighted by atomic mass is 79.9. The Morgan fingerprint density at radius 1 is 1.11 bits per heavy atom. The molecule has 2 nitrogen and oxygen atoms in total. The average molecular weight is 318 g/mol. The molecule has 3 atom stereocenters. The third-order valence-corrected chi connectivity index (χ3v) is 4.29. The maximum absolute atomic E-state index is 10.2. The molecule has 1 aliphatic heterocycles. The number of β-amino-alcohol motifs (C(OH)–C–C–N with tert-alkyl or cyclic N) is 1. The Kier molecular flexibility index (Phi) is 3.69. The maximum Gasteiger partial charge on any atom is 0.0917 e. The summed E-state index contributed by atoms with van der Waals surface area (Å²) in [5.41, 5.74) is 2.29. The van der Waals surface area contributed by atoms with Gasteiger partial charge in [-0.05, 0) is 17.2 Å². The van der Waals surface area contributed by atoms with Crippen molar-refractivity contribution in [3.05, 3.63) is 70.2 Å². The van der Waals surface area contributed by atoms with E-state index in [2.05, 4.69) is 39.0 Å². The number of hydrogen-bond acceptors (Lipinski definition) is 2. The van der Waals surface area contributed by atoms with E-state index >= 15 is 0 Å². The zero-order valence-corrected chi connectivity index (χ0v) is 12.1. The Morgan fingerprint density at radius 3 is 2.53 bits per heavy atom. The Labute approximate surface area is 121 Å². The smallest absolute Gasteiger partial charge is 0.0917 e. The van der Waals surface area contributed by atoms with Crippen LogP contribution in [-0.2, 0) is 0 Å². The lowest BCUT2D eigenvalue weighted by atomic mass is 10.1. The van der Waals surface area contributed by atoms with Crippen LogP contribution in [0, 0.1) is 0 Å². The van der Waals surface area contributed by atoms with Crippen molar-refractivity contribution in [2.45, 2.75) is 12.1 Å². The number of benzene rings is 2. The third-order valence-electron chi connectivity index (χ3n) is 3.57. The van der Waals surface area contributed by atoms with Crippen LogP contribution in [0.2, 0.25) is 0 Å². The Morgan fingerprint density at radius 2 is 1.79 bits per heavy atom. The van der Waals surface area contributed by atoms with Gasteiger partial charge in [-0.25, -0.2) is 0 Å². The fraction of sp³-hybridized carbons (Fsp3) is 0.250. The van der Waals surface area contributed by atoms with Crippen LogP contribution >= 0.6 is 15.9 Å². The molecule has 19 heavy (non-hydrogen) atoms. The quantitative estimate of drug-likeness (QED) is 0.872. The number of rotatable bonds is 4. The topological polar surface area (TPSA) is 23.2 Å². The lowest BCUT2D eigenvalue weighted by molar-refractivity contribution is 0.153. The molecule has 3 heteroatoms. The maximum atomic E-state index is 10.2. The van der Waals surface area contributed by atoms with Crippen molar-refractivity contribution >= 4 is 15.9 Å². The predicted octanol–water partition coefficient (Wildman–Crippen LogP) is 3.54. The van der Waals surface area contributed by atoms with E-state index in [-0.39, 0.29) is 0 Å². The molecule has 3 rings (SSSR count). The van der Waals surface area contributed by atoms with E-state index in [9.17, 15) is 5.11 Å². The van der Waals surface area contributed by atoms with Crippen molar-refractivity contribution in [3.8, 4) is 0 Å². The second-order valence-corrected chi connectivity index (χ2v) is 5.77. The van der Waals surface area contributed by atoms with Crippen LogP contribution in [0.1, 0.15) is 23.3 Å². The van der Waals surface area contributed by atoms with Gasteiger partial charge in [-0.1, -0.05) is 64.5 Å². The minimum absolute atomic E-state index is 0.409. The molecule has 0 bridgehead atoms. The lowest BCUT2D eigenvalue weighted by Crippen LogP contribution is -2.11. The van der Waals surface area contributed by atoms with E-state index in [1.807, 2.05) is 36.4 Å². The van der Waals surface area contributed by atoms with Crippen molar-refractivity contribution in [2.24, 2.45) is 0 Å². The molecule has 0 saturated carbocycles. The van der Waals surface area contributed by atoms with E-state index in [0.717, 1.165) is 16.6 Å². The van der Waals surface area contributed by atoms with Crippen LogP contribution < -0.4 is 0 Å². The van der Waals surface area contributed by atoms with Gasteiger partial charge in [0.2, 0.25) is 0 Å². The van der Waals surface area contributed by atoms with E-state index in [1.54, 1.807) is 0 Å². The molecular weight excluding hydrogens is 302 g/mol. The molecule has 1 fully saturated rings. The highest BCUT2D eigenvalue weighted by molar-refractivity contribution is 9.10. The standard InChI is InChI=1S/C16H16BrNO/c17-14-9-5-4-8-13(14)15-10-18(15)11-16(19)12-6-2-1-3-7-12/h1-9,15-16,19H,10-11H2. The molecule has 0 amide bonds. The molecule has 1 aliphatic rings. The van der Waals surface area contributed by atoms with Gasteiger partial charge in [0, 0.05) is 23.6 Å². The van der Waals surface area contributed by atoms with Crippen LogP contribution in [0.15, 0.2) is 59.1 Å². The summed E-state index contributed by atoms with van der Waals surface area (Å²) in [6.45, 7) is 1.71. The van der Waals surface area contributed by atoms with E-state index < -0.39 is 6.10 Å². The first-order valence-electron chi connectivity index (χ1n) is 6.47. The molecule has 0 spiro atoms. The van der Waals surface area contributed by atoms with Crippen LogP contribution in [0.4, 0.5) is 0 Å². The first-order chi connectivity index (χ1) is 9.25. The molecule has 1 heterocycles. The van der Waals surface area contributed by atoms with Crippen molar-refractivity contribution in [2.75, 3.05) is 13.1 Å². The molecule has 98 valence electrons. The summed E-state index contributed by atoms with van der Waals surface area (Å²) in [7, 11) is 0. The van der Waals surface area contributed by atoms with Gasteiger partial charge < -0.3 is 5.11 Å². The van der Waals surface area contributed by atoms with Gasteiger partial charge in [0.1, 0.15) is 0 Å². The predicted molar refractivity (Wildman–Crippen MR) is 79.9 cm³/mol. The first-order valence-corrected chi connectivity index (χ1v) is 7.26. The zero-order valence-electron chi connectivity index (χ0n) is 10.5. The molecule has 1 saturated heterocycles. The van der Waals surface area contributed by atoms with E-state index in [4.69, 9.17) is 0 Å². The minimum Gasteiger partial charge on any atom is -0.387 e. The normalized spacial score (nSPS) is 23.1. The van der Waals surface area contributed by atoms with Gasteiger partial charge in [-0.15, -0.1) is 0 Å². The summed E-state index contributed by atoms with van der Waals surface area (Å²) in [6, 6.07) is 18.6. The number of halogens is 1. The Hall–Kier alpha value is -1.16. The number of aliphatic hydroxyl groups excluding tert-OH is 1. The van der Waals surface area contributed by atoms with Crippen molar-refractivity contribution < 1.29 is 5.11 Å².